The molecule has 1 atom stereocenters. The van der Waals surface area contributed by atoms with Crippen molar-refractivity contribution in [1.82, 2.24) is 10.2 Å². The number of hydrogen-bond acceptors (Lipinski definition) is 4. The Morgan fingerprint density at radius 3 is 2.56 bits per heavy atom. The number of nitrogens with one attached hydrogen (secondary N) is 2. The first-order valence-electron chi connectivity index (χ1n) is 11.8. The highest BCUT2D eigenvalue weighted by Crippen LogP contribution is 2.34. The lowest BCUT2D eigenvalue weighted by Crippen LogP contribution is -2.36. The molecule has 1 aliphatic heterocycles. The zero-order valence-electron chi connectivity index (χ0n) is 18.8. The Bertz CT molecular complexity index is 922. The van der Waals surface area contributed by atoms with E-state index in [0.717, 1.165) is 36.1 Å². The van der Waals surface area contributed by atoms with Gasteiger partial charge in [-0.2, -0.15) is 0 Å². The Labute approximate surface area is 190 Å². The van der Waals surface area contributed by atoms with Gasteiger partial charge in [0.25, 0.3) is 11.8 Å². The van der Waals surface area contributed by atoms with Gasteiger partial charge >= 0.3 is 0 Å². The Balaban J connectivity index is 1.43. The Kier molecular flexibility index (Phi) is 7.43. The van der Waals surface area contributed by atoms with Gasteiger partial charge in [-0.3, -0.25) is 9.59 Å². The van der Waals surface area contributed by atoms with E-state index in [0.29, 0.717) is 31.4 Å². The van der Waals surface area contributed by atoms with Crippen molar-refractivity contribution in [3.05, 3.63) is 65.2 Å². The first-order chi connectivity index (χ1) is 15.7. The Morgan fingerprint density at radius 1 is 1.06 bits per heavy atom. The summed E-state index contributed by atoms with van der Waals surface area (Å²) in [6.45, 7) is 3.90. The molecule has 0 aromatic heterocycles. The summed E-state index contributed by atoms with van der Waals surface area (Å²) in [7, 11) is 0. The Morgan fingerprint density at radius 2 is 1.81 bits per heavy atom. The third-order valence-electron chi connectivity index (χ3n) is 6.34. The number of carbonyl (C=O) groups is 2. The smallest absolute Gasteiger partial charge is 0.256 e. The summed E-state index contributed by atoms with van der Waals surface area (Å²) in [5.41, 5.74) is 3.26. The van der Waals surface area contributed by atoms with Gasteiger partial charge in [-0.25, -0.2) is 0 Å². The number of rotatable bonds is 9. The number of anilines is 1. The topological polar surface area (TPSA) is 70.7 Å². The average molecular weight is 436 g/mol. The van der Waals surface area contributed by atoms with Gasteiger partial charge in [-0.05, 0) is 56.5 Å². The number of hydrogen-bond donors (Lipinski definition) is 2. The van der Waals surface area contributed by atoms with Crippen molar-refractivity contribution < 1.29 is 14.3 Å². The van der Waals surface area contributed by atoms with Crippen molar-refractivity contribution in [2.75, 3.05) is 25.1 Å². The highest BCUT2D eigenvalue weighted by atomic mass is 16.5. The fraction of sp³-hybridized carbons (Fsp3) is 0.462. The molecular formula is C26H33N3O3. The molecular weight excluding hydrogens is 402 g/mol. The van der Waals surface area contributed by atoms with Crippen LogP contribution in [0, 0.1) is 0 Å². The van der Waals surface area contributed by atoms with E-state index >= 15 is 0 Å². The van der Waals surface area contributed by atoms with E-state index < -0.39 is 0 Å². The van der Waals surface area contributed by atoms with Crippen LogP contribution in [0.4, 0.5) is 5.69 Å². The third kappa shape index (κ3) is 5.13. The van der Waals surface area contributed by atoms with E-state index in [2.05, 4.69) is 10.6 Å². The van der Waals surface area contributed by atoms with Gasteiger partial charge in [0, 0.05) is 48.2 Å². The number of fused-ring (bicyclic) bond motifs is 1. The highest BCUT2D eigenvalue weighted by molar-refractivity contribution is 5.99. The number of ether oxygens (including phenoxy) is 1. The number of carbonyl (C=O) groups excluding carboxylic acids is 2. The van der Waals surface area contributed by atoms with E-state index in [1.54, 1.807) is 0 Å². The van der Waals surface area contributed by atoms with Crippen LogP contribution in [-0.4, -0.2) is 42.5 Å². The maximum atomic E-state index is 13.0. The first kappa shape index (κ1) is 22.3. The summed E-state index contributed by atoms with van der Waals surface area (Å²) in [6, 6.07) is 15.6. The van der Waals surface area contributed by atoms with Crippen molar-refractivity contribution in [2.24, 2.45) is 0 Å². The van der Waals surface area contributed by atoms with Gasteiger partial charge in [0.2, 0.25) is 0 Å². The molecule has 2 aliphatic rings. The first-order valence-corrected chi connectivity index (χ1v) is 11.8. The van der Waals surface area contributed by atoms with Crippen LogP contribution in [0.25, 0.3) is 0 Å². The van der Waals surface area contributed by atoms with Crippen LogP contribution in [0.1, 0.15) is 77.9 Å². The fourth-order valence-corrected chi connectivity index (χ4v) is 4.63. The van der Waals surface area contributed by atoms with E-state index in [4.69, 9.17) is 4.74 Å². The molecule has 2 aromatic carbocycles. The molecule has 32 heavy (non-hydrogen) atoms. The van der Waals surface area contributed by atoms with E-state index in [1.165, 1.54) is 19.3 Å². The predicted octanol–water partition coefficient (Wildman–Crippen LogP) is 4.74. The lowest BCUT2D eigenvalue weighted by atomic mass is 9.95. The molecule has 2 amide bonds. The standard InChI is InChI=1S/C26H33N3O3/c1-2-32-18-8-17-29-24(22-11-6-7-12-23(22)26(29)31)27-21-15-13-19(14-16-21)25(30)28-20-9-4-3-5-10-20/h6-7,11-16,20,24,27H,2-5,8-10,17-18H2,1H3,(H,28,30). The zero-order chi connectivity index (χ0) is 22.3. The molecule has 0 bridgehead atoms. The summed E-state index contributed by atoms with van der Waals surface area (Å²) in [5, 5.41) is 6.66. The molecule has 1 aliphatic carbocycles. The maximum absolute atomic E-state index is 13.0. The molecule has 2 aromatic rings. The summed E-state index contributed by atoms with van der Waals surface area (Å²) < 4.78 is 5.45. The lowest BCUT2D eigenvalue weighted by Gasteiger charge is -2.27. The van der Waals surface area contributed by atoms with Crippen molar-refractivity contribution in [3.63, 3.8) is 0 Å². The SMILES string of the molecule is CCOCCCN1C(=O)c2ccccc2C1Nc1ccc(C(=O)NC2CCCCC2)cc1. The minimum Gasteiger partial charge on any atom is -0.382 e. The van der Waals surface area contributed by atoms with Crippen molar-refractivity contribution in [1.29, 1.82) is 0 Å². The summed E-state index contributed by atoms with van der Waals surface area (Å²) >= 11 is 0. The largest absolute Gasteiger partial charge is 0.382 e. The second-order valence-corrected chi connectivity index (χ2v) is 8.57. The molecule has 1 saturated carbocycles. The monoisotopic (exact) mass is 435 g/mol. The van der Waals surface area contributed by atoms with E-state index in [-0.39, 0.29) is 18.0 Å². The highest BCUT2D eigenvalue weighted by Gasteiger charge is 2.36. The zero-order valence-corrected chi connectivity index (χ0v) is 18.8. The molecule has 1 fully saturated rings. The minimum atomic E-state index is -0.234. The average Bonchev–Trinajstić information content (AvgIpc) is 3.09. The number of amides is 2. The summed E-state index contributed by atoms with van der Waals surface area (Å²) in [4.78, 5) is 27.5. The van der Waals surface area contributed by atoms with Crippen LogP contribution in [0.15, 0.2) is 48.5 Å². The second kappa shape index (κ2) is 10.6. The molecule has 1 unspecified atom stereocenters. The predicted molar refractivity (Wildman–Crippen MR) is 126 cm³/mol. The third-order valence-corrected chi connectivity index (χ3v) is 6.34. The fourth-order valence-electron chi connectivity index (χ4n) is 4.63. The molecule has 1 heterocycles. The van der Waals surface area contributed by atoms with Crippen LogP contribution in [0.5, 0.6) is 0 Å². The summed E-state index contributed by atoms with van der Waals surface area (Å²) in [6.07, 6.45) is 6.34. The summed E-state index contributed by atoms with van der Waals surface area (Å²) in [5.74, 6) is 0.0282. The van der Waals surface area contributed by atoms with Gasteiger partial charge in [-0.15, -0.1) is 0 Å². The number of nitrogens with zero attached hydrogens (tertiary/aromatic N) is 1. The van der Waals surface area contributed by atoms with Crippen LogP contribution in [-0.2, 0) is 4.74 Å². The molecule has 0 saturated heterocycles. The molecule has 6 heteroatoms. The lowest BCUT2D eigenvalue weighted by molar-refractivity contribution is 0.0708. The minimum absolute atomic E-state index is 0.0117. The van der Waals surface area contributed by atoms with Crippen molar-refractivity contribution in [2.45, 2.75) is 57.7 Å². The second-order valence-electron chi connectivity index (χ2n) is 8.57. The normalized spacial score (nSPS) is 18.5. The van der Waals surface area contributed by atoms with Gasteiger partial charge in [0.05, 0.1) is 0 Å². The van der Waals surface area contributed by atoms with Crippen LogP contribution >= 0.6 is 0 Å². The van der Waals surface area contributed by atoms with Gasteiger partial charge in [-0.1, -0.05) is 37.5 Å². The van der Waals surface area contributed by atoms with E-state index in [1.807, 2.05) is 60.4 Å². The van der Waals surface area contributed by atoms with Gasteiger partial charge in [0.1, 0.15) is 6.17 Å². The molecule has 0 radical (unpaired) electrons. The van der Waals surface area contributed by atoms with Crippen LogP contribution < -0.4 is 10.6 Å². The van der Waals surface area contributed by atoms with Crippen LogP contribution in [0.3, 0.4) is 0 Å². The van der Waals surface area contributed by atoms with Crippen LogP contribution in [0.2, 0.25) is 0 Å². The quantitative estimate of drug-likeness (QED) is 0.558. The molecule has 0 spiro atoms. The molecule has 2 N–H and O–H groups in total. The van der Waals surface area contributed by atoms with Crippen molar-refractivity contribution in [3.8, 4) is 0 Å². The van der Waals surface area contributed by atoms with Gasteiger partial charge in [0.15, 0.2) is 0 Å². The van der Waals surface area contributed by atoms with E-state index in [9.17, 15) is 9.59 Å². The molecule has 170 valence electrons. The van der Waals surface area contributed by atoms with Crippen molar-refractivity contribution >= 4 is 17.5 Å². The van der Waals surface area contributed by atoms with Gasteiger partial charge < -0.3 is 20.3 Å². The molecule has 6 nitrogen and oxygen atoms in total. The Hall–Kier alpha value is -2.86. The maximum Gasteiger partial charge on any atom is 0.256 e. The number of benzene rings is 2. The molecule has 4 rings (SSSR count).